The molecule has 0 N–H and O–H groups in total. The largest absolute Gasteiger partial charge is 0.455 e. The van der Waals surface area contributed by atoms with Crippen LogP contribution in [0.25, 0.3) is 44.5 Å². The summed E-state index contributed by atoms with van der Waals surface area (Å²) in [4.78, 5) is 4.83. The van der Waals surface area contributed by atoms with Crippen LogP contribution in [0.2, 0.25) is 0 Å². The Bertz CT molecular complexity index is 3310. The van der Waals surface area contributed by atoms with E-state index >= 15 is 0 Å². The molecule has 61 heavy (non-hydrogen) atoms. The van der Waals surface area contributed by atoms with E-state index in [0.717, 1.165) is 33.5 Å². The van der Waals surface area contributed by atoms with Crippen LogP contribution in [0, 0.1) is 0 Å². The van der Waals surface area contributed by atoms with E-state index in [-0.39, 0.29) is 5.41 Å². The third kappa shape index (κ3) is 4.70. The Hall–Kier alpha value is -7.07. The van der Waals surface area contributed by atoms with Crippen LogP contribution in [0.15, 0.2) is 210 Å². The van der Waals surface area contributed by atoms with Gasteiger partial charge in [-0.3, -0.25) is 0 Å². The molecule has 1 spiro atoms. The number of ether oxygens (including phenoxy) is 1. The lowest BCUT2D eigenvalue weighted by Gasteiger charge is -2.33. The minimum atomic E-state index is -0.535. The summed E-state index contributed by atoms with van der Waals surface area (Å²) >= 11 is 1.83. The third-order valence-electron chi connectivity index (χ3n) is 13.7. The van der Waals surface area contributed by atoms with Crippen LogP contribution in [-0.2, 0) is 10.8 Å². The topological polar surface area (TPSA) is 12.5 Å². The highest BCUT2D eigenvalue weighted by Crippen LogP contribution is 2.66. The molecule has 3 aliphatic carbocycles. The summed E-state index contributed by atoms with van der Waals surface area (Å²) in [5, 5.41) is 0. The molecule has 13 rings (SSSR count). The van der Waals surface area contributed by atoms with Crippen molar-refractivity contribution in [1.82, 2.24) is 0 Å². The van der Waals surface area contributed by atoms with Crippen molar-refractivity contribution in [3.8, 4) is 56.0 Å². The average Bonchev–Trinajstić information content (AvgIpc) is 3.87. The maximum Gasteiger partial charge on any atom is 0.142 e. The van der Waals surface area contributed by atoms with Crippen LogP contribution >= 0.6 is 11.8 Å². The Morgan fingerprint density at radius 2 is 0.967 bits per heavy atom. The quantitative estimate of drug-likeness (QED) is 0.176. The molecule has 1 aliphatic heterocycles. The summed E-state index contributed by atoms with van der Waals surface area (Å²) in [5.74, 6) is 1.83. The summed E-state index contributed by atoms with van der Waals surface area (Å²) in [6, 6.07) is 74.1. The normalized spacial score (nSPS) is 16.3. The van der Waals surface area contributed by atoms with E-state index in [1.54, 1.807) is 0 Å². The van der Waals surface area contributed by atoms with Gasteiger partial charge in [-0.15, -0.1) is 0 Å². The minimum Gasteiger partial charge on any atom is -0.455 e. The van der Waals surface area contributed by atoms with Gasteiger partial charge in [0.1, 0.15) is 11.5 Å². The SMILES string of the molecule is CC1(C)c2ccccc2-c2ccc(N(c3ccc4c(c3)C3(c5ccccc5-4)c4ccccc4-c4c3ccc3c4Sc4ccccc4O3)c3ccccc3-c3ccccc3)cc21. The van der Waals surface area contributed by atoms with Crippen LogP contribution in [0.4, 0.5) is 17.1 Å². The molecule has 0 fully saturated rings. The van der Waals surface area contributed by atoms with Crippen molar-refractivity contribution >= 4 is 28.8 Å². The Morgan fingerprint density at radius 1 is 0.410 bits per heavy atom. The monoisotopic (exact) mass is 797 g/mol. The fourth-order valence-electron chi connectivity index (χ4n) is 11.1. The smallest absolute Gasteiger partial charge is 0.142 e. The van der Waals surface area contributed by atoms with Gasteiger partial charge in [-0.05, 0) is 115 Å². The lowest BCUT2D eigenvalue weighted by atomic mass is 9.70. The molecule has 288 valence electrons. The lowest BCUT2D eigenvalue weighted by Crippen LogP contribution is -2.26. The maximum absolute atomic E-state index is 6.64. The van der Waals surface area contributed by atoms with Crippen molar-refractivity contribution in [2.45, 2.75) is 34.5 Å². The number of benzene rings is 9. The second-order valence-corrected chi connectivity index (χ2v) is 18.2. The molecule has 9 aromatic rings. The molecule has 1 unspecified atom stereocenters. The molecule has 3 heteroatoms. The van der Waals surface area contributed by atoms with Crippen LogP contribution in [-0.4, -0.2) is 0 Å². The van der Waals surface area contributed by atoms with Crippen LogP contribution < -0.4 is 9.64 Å². The highest BCUT2D eigenvalue weighted by atomic mass is 32.2. The number of para-hydroxylation sites is 2. The molecule has 0 saturated heterocycles. The van der Waals surface area contributed by atoms with Gasteiger partial charge in [0.2, 0.25) is 0 Å². The Labute approximate surface area is 360 Å². The van der Waals surface area contributed by atoms with Crippen molar-refractivity contribution in [2.75, 3.05) is 4.90 Å². The van der Waals surface area contributed by atoms with E-state index in [1.165, 1.54) is 82.8 Å². The van der Waals surface area contributed by atoms with E-state index in [2.05, 4.69) is 219 Å². The molecule has 0 radical (unpaired) electrons. The maximum atomic E-state index is 6.64. The van der Waals surface area contributed by atoms with Gasteiger partial charge in [-0.2, -0.15) is 0 Å². The molecular weight excluding hydrogens is 759 g/mol. The number of anilines is 3. The van der Waals surface area contributed by atoms with Gasteiger partial charge in [-0.1, -0.05) is 177 Å². The van der Waals surface area contributed by atoms with Gasteiger partial charge in [-0.25, -0.2) is 0 Å². The highest BCUT2D eigenvalue weighted by Gasteiger charge is 2.53. The van der Waals surface area contributed by atoms with E-state index in [4.69, 9.17) is 4.74 Å². The number of hydrogen-bond acceptors (Lipinski definition) is 3. The second kappa shape index (κ2) is 12.7. The first-order valence-electron chi connectivity index (χ1n) is 21.2. The molecule has 9 aromatic carbocycles. The first-order chi connectivity index (χ1) is 30.0. The molecule has 0 aromatic heterocycles. The Morgan fingerprint density at radius 3 is 1.74 bits per heavy atom. The van der Waals surface area contributed by atoms with Gasteiger partial charge in [0.05, 0.1) is 20.9 Å². The number of fused-ring (bicyclic) bond motifs is 16. The van der Waals surface area contributed by atoms with Gasteiger partial charge in [0.15, 0.2) is 0 Å². The highest BCUT2D eigenvalue weighted by molar-refractivity contribution is 7.99. The fraction of sp³-hybridized carbons (Fsp3) is 0.0690. The van der Waals surface area contributed by atoms with E-state index in [0.29, 0.717) is 0 Å². The summed E-state index contributed by atoms with van der Waals surface area (Å²) in [6.45, 7) is 4.74. The summed E-state index contributed by atoms with van der Waals surface area (Å²) in [7, 11) is 0. The zero-order valence-electron chi connectivity index (χ0n) is 33.8. The van der Waals surface area contributed by atoms with Crippen LogP contribution in [0.3, 0.4) is 0 Å². The molecule has 4 aliphatic rings. The predicted octanol–water partition coefficient (Wildman–Crippen LogP) is 15.7. The summed E-state index contributed by atoms with van der Waals surface area (Å²) < 4.78 is 6.64. The number of nitrogens with zero attached hydrogens (tertiary/aromatic N) is 1. The number of hydrogen-bond donors (Lipinski definition) is 0. The molecule has 1 heterocycles. The first-order valence-corrected chi connectivity index (χ1v) is 22.0. The lowest BCUT2D eigenvalue weighted by molar-refractivity contribution is 0.454. The number of rotatable bonds is 4. The van der Waals surface area contributed by atoms with Crippen molar-refractivity contribution in [3.63, 3.8) is 0 Å². The zero-order chi connectivity index (χ0) is 40.5. The van der Waals surface area contributed by atoms with Crippen molar-refractivity contribution in [2.24, 2.45) is 0 Å². The zero-order valence-corrected chi connectivity index (χ0v) is 34.6. The van der Waals surface area contributed by atoms with Crippen LogP contribution in [0.5, 0.6) is 11.5 Å². The predicted molar refractivity (Wildman–Crippen MR) is 251 cm³/mol. The van der Waals surface area contributed by atoms with E-state index in [9.17, 15) is 0 Å². The molecule has 0 bridgehead atoms. The standard InChI is InChI=1S/C58H39NOS/c1-57(2)45-22-10-6-19-40(45)42-30-28-37(34-49(42)57)59(51-25-13-9-18-39(51)36-16-4-3-5-17-36)38-29-31-43-41-20-7-11-23-46(41)58(50(43)35-38)47-24-12-8-21-44(47)55-48(58)32-33-53-56(55)61-54-27-15-14-26-52(54)60-53/h3-35H,1-2H3. The van der Waals surface area contributed by atoms with Crippen LogP contribution in [0.1, 0.15) is 47.2 Å². The van der Waals surface area contributed by atoms with Gasteiger partial charge in [0, 0.05) is 27.9 Å². The summed E-state index contributed by atoms with van der Waals surface area (Å²) in [6.07, 6.45) is 0. The van der Waals surface area contributed by atoms with Crippen molar-refractivity contribution in [1.29, 1.82) is 0 Å². The molecule has 0 saturated carbocycles. The fourth-order valence-corrected chi connectivity index (χ4v) is 12.2. The Kier molecular flexibility index (Phi) is 7.25. The minimum absolute atomic E-state index is 0.144. The van der Waals surface area contributed by atoms with Gasteiger partial charge >= 0.3 is 0 Å². The summed E-state index contributed by atoms with van der Waals surface area (Å²) in [5.41, 5.74) is 20.8. The van der Waals surface area contributed by atoms with Gasteiger partial charge in [0.25, 0.3) is 0 Å². The third-order valence-corrected chi connectivity index (χ3v) is 14.9. The van der Waals surface area contributed by atoms with Gasteiger partial charge < -0.3 is 9.64 Å². The molecule has 0 amide bonds. The Balaban J connectivity index is 1.08. The van der Waals surface area contributed by atoms with Crippen molar-refractivity contribution < 1.29 is 4.74 Å². The van der Waals surface area contributed by atoms with Crippen molar-refractivity contribution in [3.05, 3.63) is 234 Å². The first kappa shape index (κ1) is 34.8. The average molecular weight is 798 g/mol. The molecule has 2 nitrogen and oxygen atoms in total. The molecular formula is C58H39NOS. The second-order valence-electron chi connectivity index (χ2n) is 17.2. The van der Waals surface area contributed by atoms with E-state index in [1.807, 2.05) is 11.8 Å². The van der Waals surface area contributed by atoms with E-state index < -0.39 is 5.41 Å². The molecule has 1 atom stereocenters.